The Bertz CT molecular complexity index is 204. The molecule has 0 spiro atoms. The lowest BCUT2D eigenvalue weighted by atomic mass is 9.78. The van der Waals surface area contributed by atoms with Crippen LogP contribution in [0.1, 0.15) is 39.5 Å². The Hall–Kier alpha value is -0.770. The highest BCUT2D eigenvalue weighted by atomic mass is 16.5. The fourth-order valence-electron chi connectivity index (χ4n) is 2.29. The fraction of sp³-hybridized carbons (Fsp3) is 0.900. The first kappa shape index (κ1) is 11.3. The molecule has 0 saturated heterocycles. The summed E-state index contributed by atoms with van der Waals surface area (Å²) in [6.07, 6.45) is 4.83. The van der Waals surface area contributed by atoms with Crippen molar-refractivity contribution in [3.63, 3.8) is 0 Å². The summed E-state index contributed by atoms with van der Waals surface area (Å²) in [4.78, 5) is 4.29. The number of hydroxylamine groups is 1. The van der Waals surface area contributed by atoms with Gasteiger partial charge in [-0.05, 0) is 24.7 Å². The molecule has 1 rings (SSSR count). The molecule has 1 aliphatic carbocycles. The van der Waals surface area contributed by atoms with E-state index in [0.717, 1.165) is 6.42 Å². The molecule has 0 aromatic carbocycles. The van der Waals surface area contributed by atoms with Crippen molar-refractivity contribution >= 4 is 5.96 Å². The van der Waals surface area contributed by atoms with Gasteiger partial charge in [-0.1, -0.05) is 26.7 Å². The predicted molar refractivity (Wildman–Crippen MR) is 57.1 cm³/mol. The molecular weight excluding hydrogens is 178 g/mol. The number of hydrogen-bond acceptors (Lipinski definition) is 2. The maximum Gasteiger partial charge on any atom is 0.213 e. The van der Waals surface area contributed by atoms with Gasteiger partial charge in [0.2, 0.25) is 5.96 Å². The van der Waals surface area contributed by atoms with Crippen molar-refractivity contribution in [2.24, 2.45) is 22.6 Å². The summed E-state index contributed by atoms with van der Waals surface area (Å²) >= 11 is 0. The first-order valence-corrected chi connectivity index (χ1v) is 5.38. The van der Waals surface area contributed by atoms with Crippen LogP contribution in [-0.4, -0.2) is 17.2 Å². The number of guanidine groups is 1. The zero-order chi connectivity index (χ0) is 10.6. The van der Waals surface area contributed by atoms with Crippen molar-refractivity contribution in [2.45, 2.75) is 45.6 Å². The van der Waals surface area contributed by atoms with E-state index in [9.17, 15) is 0 Å². The van der Waals surface area contributed by atoms with Crippen molar-refractivity contribution in [2.75, 3.05) is 0 Å². The monoisotopic (exact) mass is 199 g/mol. The molecule has 0 aliphatic heterocycles. The van der Waals surface area contributed by atoms with E-state index in [-0.39, 0.29) is 12.0 Å². The van der Waals surface area contributed by atoms with Crippen LogP contribution in [0.4, 0.5) is 0 Å². The van der Waals surface area contributed by atoms with Gasteiger partial charge in [-0.25, -0.2) is 10.5 Å². The van der Waals surface area contributed by atoms with E-state index >= 15 is 0 Å². The summed E-state index contributed by atoms with van der Waals surface area (Å²) in [7, 11) is 0. The molecule has 2 unspecified atom stereocenters. The van der Waals surface area contributed by atoms with Gasteiger partial charge < -0.3 is 5.73 Å². The Balaban J connectivity index is 2.63. The van der Waals surface area contributed by atoms with Gasteiger partial charge in [0, 0.05) is 0 Å². The Morgan fingerprint density at radius 3 is 2.64 bits per heavy atom. The van der Waals surface area contributed by atoms with Crippen LogP contribution < -0.4 is 11.2 Å². The highest BCUT2D eigenvalue weighted by Gasteiger charge is 2.27. The van der Waals surface area contributed by atoms with Crippen LogP contribution >= 0.6 is 0 Å². The number of rotatable bonds is 2. The van der Waals surface area contributed by atoms with Gasteiger partial charge in [0.25, 0.3) is 0 Å². The number of nitrogens with one attached hydrogen (secondary N) is 1. The van der Waals surface area contributed by atoms with Crippen molar-refractivity contribution in [3.8, 4) is 0 Å². The van der Waals surface area contributed by atoms with Crippen LogP contribution in [0.2, 0.25) is 0 Å². The third-order valence-electron chi connectivity index (χ3n) is 3.06. The van der Waals surface area contributed by atoms with Crippen LogP contribution in [0, 0.1) is 11.8 Å². The predicted octanol–water partition coefficient (Wildman–Crippen LogP) is 1.49. The molecule has 4 nitrogen and oxygen atoms in total. The molecule has 0 aromatic rings. The number of aliphatic imine (C=N–C) groups is 1. The summed E-state index contributed by atoms with van der Waals surface area (Å²) in [6, 6.07) is 0.281. The van der Waals surface area contributed by atoms with Gasteiger partial charge in [-0.2, -0.15) is 0 Å². The smallest absolute Gasteiger partial charge is 0.213 e. The van der Waals surface area contributed by atoms with Crippen molar-refractivity contribution in [3.05, 3.63) is 0 Å². The Morgan fingerprint density at radius 2 is 2.07 bits per heavy atom. The Labute approximate surface area is 85.6 Å². The topological polar surface area (TPSA) is 70.6 Å². The minimum absolute atomic E-state index is 0.141. The van der Waals surface area contributed by atoms with E-state index < -0.39 is 0 Å². The average Bonchev–Trinajstić information content (AvgIpc) is 2.18. The summed E-state index contributed by atoms with van der Waals surface area (Å²) in [5, 5.41) is 8.58. The summed E-state index contributed by atoms with van der Waals surface area (Å²) in [5.74, 6) is 1.38. The second-order valence-corrected chi connectivity index (χ2v) is 4.39. The lowest BCUT2D eigenvalue weighted by Gasteiger charge is -2.31. The molecule has 4 N–H and O–H groups in total. The van der Waals surface area contributed by atoms with Crippen molar-refractivity contribution in [1.82, 2.24) is 5.48 Å². The van der Waals surface area contributed by atoms with Crippen LogP contribution in [0.25, 0.3) is 0 Å². The van der Waals surface area contributed by atoms with E-state index in [1.807, 2.05) is 5.48 Å². The molecular formula is C10H21N3O. The van der Waals surface area contributed by atoms with E-state index in [1.54, 1.807) is 0 Å². The highest BCUT2D eigenvalue weighted by Crippen LogP contribution is 2.32. The van der Waals surface area contributed by atoms with E-state index in [0.29, 0.717) is 11.8 Å². The second-order valence-electron chi connectivity index (χ2n) is 4.39. The minimum atomic E-state index is 0.141. The van der Waals surface area contributed by atoms with Gasteiger partial charge >= 0.3 is 0 Å². The average molecular weight is 199 g/mol. The lowest BCUT2D eigenvalue weighted by molar-refractivity contribution is 0.221. The Kier molecular flexibility index (Phi) is 4.20. The number of nitrogens with two attached hydrogens (primary N) is 1. The second kappa shape index (κ2) is 5.20. The largest absolute Gasteiger partial charge is 0.368 e. The molecule has 82 valence electrons. The Morgan fingerprint density at radius 1 is 1.43 bits per heavy atom. The molecule has 1 fully saturated rings. The number of nitrogens with zero attached hydrogens (tertiary/aromatic N) is 1. The molecule has 0 heterocycles. The molecule has 1 aliphatic rings. The molecule has 0 amide bonds. The van der Waals surface area contributed by atoms with E-state index in [2.05, 4.69) is 18.8 Å². The fourth-order valence-corrected chi connectivity index (χ4v) is 2.29. The van der Waals surface area contributed by atoms with Crippen molar-refractivity contribution < 1.29 is 5.21 Å². The third kappa shape index (κ3) is 2.87. The van der Waals surface area contributed by atoms with Crippen LogP contribution in [0.3, 0.4) is 0 Å². The minimum Gasteiger partial charge on any atom is -0.368 e. The molecule has 0 bridgehead atoms. The highest BCUT2D eigenvalue weighted by molar-refractivity contribution is 5.76. The van der Waals surface area contributed by atoms with Gasteiger partial charge in [-0.3, -0.25) is 5.21 Å². The maximum atomic E-state index is 8.58. The quantitative estimate of drug-likeness (QED) is 0.358. The molecule has 2 atom stereocenters. The molecule has 0 radical (unpaired) electrons. The summed E-state index contributed by atoms with van der Waals surface area (Å²) in [6.45, 7) is 4.45. The molecule has 0 aromatic heterocycles. The van der Waals surface area contributed by atoms with Crippen LogP contribution in [-0.2, 0) is 0 Å². The maximum absolute atomic E-state index is 8.58. The molecule has 14 heavy (non-hydrogen) atoms. The molecule has 4 heteroatoms. The van der Waals surface area contributed by atoms with Crippen LogP contribution in [0.15, 0.2) is 4.99 Å². The zero-order valence-corrected chi connectivity index (χ0v) is 9.03. The molecule has 1 saturated carbocycles. The normalized spacial score (nSPS) is 29.3. The summed E-state index contributed by atoms with van der Waals surface area (Å²) in [5.41, 5.74) is 7.35. The number of hydrogen-bond donors (Lipinski definition) is 3. The SMILES string of the molecule is CC(C)C1CCCCC1N=C(N)NO. The van der Waals surface area contributed by atoms with Gasteiger partial charge in [0.15, 0.2) is 0 Å². The zero-order valence-electron chi connectivity index (χ0n) is 9.03. The van der Waals surface area contributed by atoms with Crippen LogP contribution in [0.5, 0.6) is 0 Å². The van der Waals surface area contributed by atoms with Crippen molar-refractivity contribution in [1.29, 1.82) is 0 Å². The first-order valence-electron chi connectivity index (χ1n) is 5.38. The van der Waals surface area contributed by atoms with Gasteiger partial charge in [0.05, 0.1) is 6.04 Å². The van der Waals surface area contributed by atoms with E-state index in [4.69, 9.17) is 10.9 Å². The third-order valence-corrected chi connectivity index (χ3v) is 3.06. The standard InChI is InChI=1S/C10H21N3O/c1-7(2)8-5-3-4-6-9(8)12-10(11)13-14/h7-9,14H,3-6H2,1-2H3,(H3,11,12,13). The first-order chi connectivity index (χ1) is 6.65. The van der Waals surface area contributed by atoms with Gasteiger partial charge in [0.1, 0.15) is 0 Å². The van der Waals surface area contributed by atoms with E-state index in [1.165, 1.54) is 19.3 Å². The van der Waals surface area contributed by atoms with Gasteiger partial charge in [-0.15, -0.1) is 0 Å². The summed E-state index contributed by atoms with van der Waals surface area (Å²) < 4.78 is 0. The lowest BCUT2D eigenvalue weighted by Crippen LogP contribution is -2.34.